The topological polar surface area (TPSA) is 29.3 Å². The van der Waals surface area contributed by atoms with Crippen LogP contribution >= 0.6 is 0 Å². The van der Waals surface area contributed by atoms with Crippen LogP contribution in [0.5, 0.6) is 0 Å². The number of anilines is 1. The molecule has 0 aromatic heterocycles. The zero-order valence-electron chi connectivity index (χ0n) is 9.33. The number of para-hydroxylation sites is 1. The summed E-state index contributed by atoms with van der Waals surface area (Å²) in [7, 11) is 4.15. The second kappa shape index (κ2) is 5.01. The van der Waals surface area contributed by atoms with E-state index in [0.717, 1.165) is 12.8 Å². The highest BCUT2D eigenvalue weighted by molar-refractivity contribution is 5.52. The molecule has 0 radical (unpaired) electrons. The van der Waals surface area contributed by atoms with Gasteiger partial charge in [0.1, 0.15) is 0 Å². The Hall–Kier alpha value is -1.02. The molecule has 14 heavy (non-hydrogen) atoms. The van der Waals surface area contributed by atoms with E-state index >= 15 is 0 Å². The van der Waals surface area contributed by atoms with E-state index in [4.69, 9.17) is 5.73 Å². The average molecular weight is 192 g/mol. The SMILES string of the molecule is C[C@H](N)CCc1ccccc1N(C)C. The van der Waals surface area contributed by atoms with Crippen molar-refractivity contribution in [1.29, 1.82) is 0 Å². The third kappa shape index (κ3) is 3.04. The van der Waals surface area contributed by atoms with Crippen LogP contribution in [0.3, 0.4) is 0 Å². The Morgan fingerprint density at radius 1 is 1.29 bits per heavy atom. The van der Waals surface area contributed by atoms with Gasteiger partial charge in [0.25, 0.3) is 0 Å². The summed E-state index contributed by atoms with van der Waals surface area (Å²) in [4.78, 5) is 2.15. The summed E-state index contributed by atoms with van der Waals surface area (Å²) in [5, 5.41) is 0. The smallest absolute Gasteiger partial charge is 0.0393 e. The Labute approximate surface area is 86.7 Å². The third-order valence-corrected chi connectivity index (χ3v) is 2.34. The van der Waals surface area contributed by atoms with Crippen LogP contribution in [0.4, 0.5) is 5.69 Å². The van der Waals surface area contributed by atoms with Crippen molar-refractivity contribution in [3.05, 3.63) is 29.8 Å². The standard InChI is InChI=1S/C12H20N2/c1-10(13)8-9-11-6-4-5-7-12(11)14(2)3/h4-7,10H,8-9,13H2,1-3H3/t10-/m0/s1. The molecule has 0 saturated heterocycles. The normalized spacial score (nSPS) is 12.6. The van der Waals surface area contributed by atoms with Crippen molar-refractivity contribution in [2.75, 3.05) is 19.0 Å². The minimum absolute atomic E-state index is 0.283. The Morgan fingerprint density at radius 3 is 2.50 bits per heavy atom. The molecule has 1 atom stereocenters. The van der Waals surface area contributed by atoms with E-state index in [0.29, 0.717) is 0 Å². The Morgan fingerprint density at radius 2 is 1.93 bits per heavy atom. The van der Waals surface area contributed by atoms with Crippen molar-refractivity contribution in [2.45, 2.75) is 25.8 Å². The summed E-state index contributed by atoms with van der Waals surface area (Å²) in [5.41, 5.74) is 8.44. The molecule has 0 fully saturated rings. The number of hydrogen-bond acceptors (Lipinski definition) is 2. The van der Waals surface area contributed by atoms with Crippen molar-refractivity contribution in [1.82, 2.24) is 0 Å². The first kappa shape index (κ1) is 11.1. The van der Waals surface area contributed by atoms with Gasteiger partial charge in [0.15, 0.2) is 0 Å². The lowest BCUT2D eigenvalue weighted by Crippen LogP contribution is -2.17. The summed E-state index contributed by atoms with van der Waals surface area (Å²) in [6.07, 6.45) is 2.11. The number of aryl methyl sites for hydroxylation is 1. The van der Waals surface area contributed by atoms with E-state index in [1.54, 1.807) is 0 Å². The van der Waals surface area contributed by atoms with Crippen LogP contribution in [0, 0.1) is 0 Å². The second-order valence-corrected chi connectivity index (χ2v) is 4.04. The van der Waals surface area contributed by atoms with Gasteiger partial charge in [-0.2, -0.15) is 0 Å². The molecule has 2 heteroatoms. The van der Waals surface area contributed by atoms with Crippen molar-refractivity contribution in [3.8, 4) is 0 Å². The van der Waals surface area contributed by atoms with E-state index in [1.165, 1.54) is 11.3 Å². The van der Waals surface area contributed by atoms with Crippen LogP contribution < -0.4 is 10.6 Å². The minimum Gasteiger partial charge on any atom is -0.377 e. The van der Waals surface area contributed by atoms with E-state index in [-0.39, 0.29) is 6.04 Å². The van der Waals surface area contributed by atoms with Crippen LogP contribution in [0.15, 0.2) is 24.3 Å². The number of nitrogens with two attached hydrogens (primary N) is 1. The first-order valence-corrected chi connectivity index (χ1v) is 5.12. The van der Waals surface area contributed by atoms with Gasteiger partial charge >= 0.3 is 0 Å². The number of rotatable bonds is 4. The first-order valence-electron chi connectivity index (χ1n) is 5.12. The van der Waals surface area contributed by atoms with Gasteiger partial charge in [-0.25, -0.2) is 0 Å². The fourth-order valence-electron chi connectivity index (χ4n) is 1.54. The van der Waals surface area contributed by atoms with Crippen LogP contribution in [-0.2, 0) is 6.42 Å². The molecule has 0 saturated carbocycles. The van der Waals surface area contributed by atoms with Crippen LogP contribution in [0.2, 0.25) is 0 Å². The molecular formula is C12H20N2. The fourth-order valence-corrected chi connectivity index (χ4v) is 1.54. The molecular weight excluding hydrogens is 172 g/mol. The monoisotopic (exact) mass is 192 g/mol. The highest BCUT2D eigenvalue weighted by Crippen LogP contribution is 2.19. The van der Waals surface area contributed by atoms with Gasteiger partial charge < -0.3 is 10.6 Å². The summed E-state index contributed by atoms with van der Waals surface area (Å²) < 4.78 is 0. The van der Waals surface area contributed by atoms with E-state index in [1.807, 2.05) is 0 Å². The molecule has 2 N–H and O–H groups in total. The maximum absolute atomic E-state index is 5.75. The molecule has 0 bridgehead atoms. The first-order chi connectivity index (χ1) is 6.61. The molecule has 1 rings (SSSR count). The Balaban J connectivity index is 2.74. The second-order valence-electron chi connectivity index (χ2n) is 4.04. The molecule has 0 heterocycles. The summed E-state index contributed by atoms with van der Waals surface area (Å²) in [5.74, 6) is 0. The summed E-state index contributed by atoms with van der Waals surface area (Å²) >= 11 is 0. The van der Waals surface area contributed by atoms with Crippen molar-refractivity contribution >= 4 is 5.69 Å². The number of nitrogens with zero attached hydrogens (tertiary/aromatic N) is 1. The largest absolute Gasteiger partial charge is 0.377 e. The molecule has 0 amide bonds. The number of hydrogen-bond donors (Lipinski definition) is 1. The molecule has 2 nitrogen and oxygen atoms in total. The molecule has 0 aliphatic carbocycles. The molecule has 0 aliphatic rings. The highest BCUT2D eigenvalue weighted by atomic mass is 15.1. The zero-order valence-corrected chi connectivity index (χ0v) is 9.33. The third-order valence-electron chi connectivity index (χ3n) is 2.34. The van der Waals surface area contributed by atoms with Gasteiger partial charge in [-0.1, -0.05) is 18.2 Å². The van der Waals surface area contributed by atoms with Crippen molar-refractivity contribution < 1.29 is 0 Å². The Bertz CT molecular complexity index is 279. The molecule has 0 aliphatic heterocycles. The van der Waals surface area contributed by atoms with E-state index in [2.05, 4.69) is 50.2 Å². The lowest BCUT2D eigenvalue weighted by atomic mass is 10.0. The van der Waals surface area contributed by atoms with E-state index < -0.39 is 0 Å². The van der Waals surface area contributed by atoms with Crippen molar-refractivity contribution in [3.63, 3.8) is 0 Å². The van der Waals surface area contributed by atoms with Crippen LogP contribution in [0.25, 0.3) is 0 Å². The molecule has 1 aromatic rings. The van der Waals surface area contributed by atoms with Gasteiger partial charge in [-0.05, 0) is 31.4 Å². The average Bonchev–Trinajstić information content (AvgIpc) is 2.15. The Kier molecular flexibility index (Phi) is 3.96. The molecule has 0 spiro atoms. The zero-order chi connectivity index (χ0) is 10.6. The van der Waals surface area contributed by atoms with Crippen LogP contribution in [0.1, 0.15) is 18.9 Å². The predicted molar refractivity (Wildman–Crippen MR) is 62.7 cm³/mol. The quantitative estimate of drug-likeness (QED) is 0.791. The predicted octanol–water partition coefficient (Wildman–Crippen LogP) is 2.03. The van der Waals surface area contributed by atoms with Crippen molar-refractivity contribution in [2.24, 2.45) is 5.73 Å². The molecule has 0 unspecified atom stereocenters. The van der Waals surface area contributed by atoms with Crippen LogP contribution in [-0.4, -0.2) is 20.1 Å². The lowest BCUT2D eigenvalue weighted by molar-refractivity contribution is 0.666. The van der Waals surface area contributed by atoms with Gasteiger partial charge in [0.05, 0.1) is 0 Å². The number of benzene rings is 1. The van der Waals surface area contributed by atoms with Gasteiger partial charge in [0.2, 0.25) is 0 Å². The maximum atomic E-state index is 5.75. The van der Waals surface area contributed by atoms with E-state index in [9.17, 15) is 0 Å². The van der Waals surface area contributed by atoms with Gasteiger partial charge in [-0.3, -0.25) is 0 Å². The summed E-state index contributed by atoms with van der Waals surface area (Å²) in [6.45, 7) is 2.05. The van der Waals surface area contributed by atoms with Gasteiger partial charge in [0, 0.05) is 25.8 Å². The van der Waals surface area contributed by atoms with Gasteiger partial charge in [-0.15, -0.1) is 0 Å². The fraction of sp³-hybridized carbons (Fsp3) is 0.500. The molecule has 1 aromatic carbocycles. The lowest BCUT2D eigenvalue weighted by Gasteiger charge is -2.17. The molecule has 78 valence electrons. The minimum atomic E-state index is 0.283. The maximum Gasteiger partial charge on any atom is 0.0393 e. The summed E-state index contributed by atoms with van der Waals surface area (Å²) in [6, 6.07) is 8.77. The highest BCUT2D eigenvalue weighted by Gasteiger charge is 2.04.